The maximum atomic E-state index is 5.45. The van der Waals surface area contributed by atoms with Crippen molar-refractivity contribution in [3.8, 4) is 5.88 Å². The van der Waals surface area contributed by atoms with Gasteiger partial charge in [-0.3, -0.25) is 0 Å². The normalized spacial score (nSPS) is 10.1. The van der Waals surface area contributed by atoms with E-state index in [-0.39, 0.29) is 0 Å². The Hall–Kier alpha value is -1.16. The Morgan fingerprint density at radius 3 is 2.85 bits per heavy atom. The Bertz CT molecular complexity index is 251. The molecule has 0 aliphatic rings. The Morgan fingerprint density at radius 1 is 1.46 bits per heavy atom. The summed E-state index contributed by atoms with van der Waals surface area (Å²) in [6, 6.07) is 0. The summed E-state index contributed by atoms with van der Waals surface area (Å²) in [5.41, 5.74) is 7.42. The van der Waals surface area contributed by atoms with Crippen LogP contribution in [0, 0.1) is 6.92 Å². The summed E-state index contributed by atoms with van der Waals surface area (Å²) in [5.74, 6) is 0.668. The molecule has 13 heavy (non-hydrogen) atoms. The van der Waals surface area contributed by atoms with Crippen molar-refractivity contribution in [2.24, 2.45) is 5.73 Å². The van der Waals surface area contributed by atoms with Crippen molar-refractivity contribution < 1.29 is 4.74 Å². The first-order chi connectivity index (χ1) is 6.29. The zero-order chi connectivity index (χ0) is 9.68. The molecular weight excluding hydrogens is 166 g/mol. The van der Waals surface area contributed by atoms with Crippen molar-refractivity contribution >= 4 is 0 Å². The summed E-state index contributed by atoms with van der Waals surface area (Å²) in [5, 5.41) is 0. The van der Waals surface area contributed by atoms with Gasteiger partial charge in [0.25, 0.3) is 0 Å². The van der Waals surface area contributed by atoms with Crippen LogP contribution in [-0.4, -0.2) is 23.1 Å². The molecule has 1 heterocycles. The Morgan fingerprint density at radius 2 is 2.23 bits per heavy atom. The highest BCUT2D eigenvalue weighted by Crippen LogP contribution is 2.15. The van der Waals surface area contributed by atoms with E-state index in [4.69, 9.17) is 10.5 Å². The summed E-state index contributed by atoms with van der Waals surface area (Å²) in [6.45, 7) is 5.11. The number of aromatic nitrogens is 2. The molecule has 1 aromatic heterocycles. The largest absolute Gasteiger partial charge is 0.478 e. The molecule has 1 rings (SSSR count). The zero-order valence-corrected chi connectivity index (χ0v) is 8.08. The predicted octanol–water partition coefficient (Wildman–Crippen LogP) is 0.685. The van der Waals surface area contributed by atoms with Gasteiger partial charge in [-0.15, -0.1) is 0 Å². The first kappa shape index (κ1) is 9.92. The third kappa shape index (κ3) is 2.39. The molecule has 0 saturated carbocycles. The molecule has 0 radical (unpaired) electrons. The van der Waals surface area contributed by atoms with Gasteiger partial charge >= 0.3 is 0 Å². The zero-order valence-electron chi connectivity index (χ0n) is 8.08. The second kappa shape index (κ2) is 4.77. The third-order valence-corrected chi connectivity index (χ3v) is 1.80. The maximum absolute atomic E-state index is 5.45. The Labute approximate surface area is 78.1 Å². The number of rotatable bonds is 4. The van der Waals surface area contributed by atoms with Crippen molar-refractivity contribution in [3.05, 3.63) is 17.6 Å². The summed E-state index contributed by atoms with van der Waals surface area (Å²) in [7, 11) is 0. The highest BCUT2D eigenvalue weighted by Gasteiger charge is 2.05. The van der Waals surface area contributed by atoms with Crippen molar-refractivity contribution in [3.63, 3.8) is 0 Å². The van der Waals surface area contributed by atoms with E-state index in [1.807, 2.05) is 13.8 Å². The van der Waals surface area contributed by atoms with Crippen LogP contribution in [0.2, 0.25) is 0 Å². The van der Waals surface area contributed by atoms with E-state index in [1.54, 1.807) is 0 Å². The van der Waals surface area contributed by atoms with Gasteiger partial charge in [0.05, 0.1) is 12.3 Å². The summed E-state index contributed by atoms with van der Waals surface area (Å²) in [4.78, 5) is 8.18. The minimum Gasteiger partial charge on any atom is -0.478 e. The van der Waals surface area contributed by atoms with E-state index < -0.39 is 0 Å². The van der Waals surface area contributed by atoms with Crippen molar-refractivity contribution in [2.45, 2.75) is 20.3 Å². The van der Waals surface area contributed by atoms with Gasteiger partial charge in [0.1, 0.15) is 6.33 Å². The summed E-state index contributed by atoms with van der Waals surface area (Å²) >= 11 is 0. The van der Waals surface area contributed by atoms with Crippen molar-refractivity contribution in [2.75, 3.05) is 13.2 Å². The van der Waals surface area contributed by atoms with Crippen LogP contribution in [0.1, 0.15) is 18.2 Å². The van der Waals surface area contributed by atoms with Gasteiger partial charge in [0, 0.05) is 12.0 Å². The molecule has 0 saturated heterocycles. The molecule has 1 aromatic rings. The molecule has 4 heteroatoms. The van der Waals surface area contributed by atoms with Gasteiger partial charge in [-0.2, -0.15) is 0 Å². The topological polar surface area (TPSA) is 61.0 Å². The van der Waals surface area contributed by atoms with Crippen LogP contribution in [0.4, 0.5) is 0 Å². The highest BCUT2D eigenvalue weighted by molar-refractivity contribution is 5.28. The summed E-state index contributed by atoms with van der Waals surface area (Å²) < 4.78 is 5.33. The lowest BCUT2D eigenvalue weighted by Gasteiger charge is -2.08. The highest BCUT2D eigenvalue weighted by atomic mass is 16.5. The van der Waals surface area contributed by atoms with Crippen LogP contribution < -0.4 is 10.5 Å². The molecule has 0 amide bonds. The first-order valence-corrected chi connectivity index (χ1v) is 4.43. The van der Waals surface area contributed by atoms with Gasteiger partial charge < -0.3 is 10.5 Å². The van der Waals surface area contributed by atoms with Crippen LogP contribution in [-0.2, 0) is 6.42 Å². The SMILES string of the molecule is CCOc1ncnc(CCN)c1C. The second-order valence-electron chi connectivity index (χ2n) is 2.72. The van der Waals surface area contributed by atoms with Gasteiger partial charge in [-0.05, 0) is 20.4 Å². The lowest BCUT2D eigenvalue weighted by atomic mass is 10.2. The van der Waals surface area contributed by atoms with E-state index in [1.165, 1.54) is 6.33 Å². The van der Waals surface area contributed by atoms with Crippen LogP contribution in [0.3, 0.4) is 0 Å². The molecule has 2 N–H and O–H groups in total. The number of ether oxygens (including phenoxy) is 1. The van der Waals surface area contributed by atoms with Gasteiger partial charge in [-0.1, -0.05) is 0 Å². The average molecular weight is 181 g/mol. The smallest absolute Gasteiger partial charge is 0.219 e. The van der Waals surface area contributed by atoms with Crippen molar-refractivity contribution in [1.82, 2.24) is 9.97 Å². The fourth-order valence-electron chi connectivity index (χ4n) is 1.14. The quantitative estimate of drug-likeness (QED) is 0.742. The minimum atomic E-state index is 0.601. The Balaban J connectivity index is 2.89. The maximum Gasteiger partial charge on any atom is 0.219 e. The minimum absolute atomic E-state index is 0.601. The first-order valence-electron chi connectivity index (χ1n) is 4.43. The van der Waals surface area contributed by atoms with Crippen LogP contribution in [0.25, 0.3) is 0 Å². The molecule has 0 unspecified atom stereocenters. The van der Waals surface area contributed by atoms with E-state index in [2.05, 4.69) is 9.97 Å². The standard InChI is InChI=1S/C9H15N3O/c1-3-13-9-7(2)8(4-5-10)11-6-12-9/h6H,3-5,10H2,1-2H3. The molecular formula is C9H15N3O. The molecule has 0 atom stereocenters. The molecule has 0 aliphatic carbocycles. The lowest BCUT2D eigenvalue weighted by Crippen LogP contribution is -2.08. The molecule has 0 fully saturated rings. The van der Waals surface area contributed by atoms with Crippen molar-refractivity contribution in [1.29, 1.82) is 0 Å². The lowest BCUT2D eigenvalue weighted by molar-refractivity contribution is 0.323. The van der Waals surface area contributed by atoms with Crippen LogP contribution in [0.5, 0.6) is 5.88 Å². The molecule has 4 nitrogen and oxygen atoms in total. The van der Waals surface area contributed by atoms with Gasteiger partial charge in [0.2, 0.25) is 5.88 Å². The fraction of sp³-hybridized carbons (Fsp3) is 0.556. The van der Waals surface area contributed by atoms with E-state index in [9.17, 15) is 0 Å². The molecule has 72 valence electrons. The Kier molecular flexibility index (Phi) is 3.64. The van der Waals surface area contributed by atoms with Crippen LogP contribution in [0.15, 0.2) is 6.33 Å². The van der Waals surface area contributed by atoms with E-state index in [0.717, 1.165) is 17.7 Å². The van der Waals surface area contributed by atoms with Gasteiger partial charge in [0.15, 0.2) is 0 Å². The van der Waals surface area contributed by atoms with Gasteiger partial charge in [-0.25, -0.2) is 9.97 Å². The van der Waals surface area contributed by atoms with E-state index >= 15 is 0 Å². The number of hydrogen-bond donors (Lipinski definition) is 1. The summed E-state index contributed by atoms with van der Waals surface area (Å²) in [6.07, 6.45) is 2.29. The number of nitrogens with two attached hydrogens (primary N) is 1. The number of hydrogen-bond acceptors (Lipinski definition) is 4. The van der Waals surface area contributed by atoms with Crippen LogP contribution >= 0.6 is 0 Å². The molecule has 0 bridgehead atoms. The average Bonchev–Trinajstić information content (AvgIpc) is 2.13. The third-order valence-electron chi connectivity index (χ3n) is 1.80. The second-order valence-corrected chi connectivity index (χ2v) is 2.72. The number of nitrogens with zero attached hydrogens (tertiary/aromatic N) is 2. The predicted molar refractivity (Wildman–Crippen MR) is 50.7 cm³/mol. The monoisotopic (exact) mass is 181 g/mol. The molecule has 0 aliphatic heterocycles. The molecule has 0 aromatic carbocycles. The fourth-order valence-corrected chi connectivity index (χ4v) is 1.14. The van der Waals surface area contributed by atoms with E-state index in [0.29, 0.717) is 19.0 Å². The molecule has 0 spiro atoms.